The number of nitrogens with zero attached hydrogens (tertiary/aromatic N) is 3. The van der Waals surface area contributed by atoms with E-state index in [2.05, 4.69) is 4.90 Å². The van der Waals surface area contributed by atoms with E-state index in [0.717, 1.165) is 31.7 Å². The molecule has 0 atom stereocenters. The maximum Gasteiger partial charge on any atom is 0.289 e. The van der Waals surface area contributed by atoms with Crippen LogP contribution < -0.4 is 4.74 Å². The molecule has 2 aromatic rings. The summed E-state index contributed by atoms with van der Waals surface area (Å²) in [6.45, 7) is 5.10. The number of rotatable bonds is 6. The molecule has 166 valence electrons. The second-order valence-electron chi connectivity index (χ2n) is 8.23. The summed E-state index contributed by atoms with van der Waals surface area (Å²) in [4.78, 5) is 31.4. The number of ether oxygens (including phenoxy) is 1. The SMILES string of the molecule is O=C(CN1CCN(C(=O)c2ccc(COc3ccccc3)o2)CC1)N1CCCCCC1. The first-order chi connectivity index (χ1) is 15.2. The third kappa shape index (κ3) is 5.88. The molecular weight excluding hydrogens is 394 g/mol. The van der Waals surface area contributed by atoms with Crippen molar-refractivity contribution in [2.75, 3.05) is 45.8 Å². The third-order valence-electron chi connectivity index (χ3n) is 5.97. The Hall–Kier alpha value is -2.80. The van der Waals surface area contributed by atoms with Gasteiger partial charge >= 0.3 is 0 Å². The smallest absolute Gasteiger partial charge is 0.289 e. The summed E-state index contributed by atoms with van der Waals surface area (Å²) in [5.74, 6) is 1.83. The van der Waals surface area contributed by atoms with Gasteiger partial charge in [0, 0.05) is 39.3 Å². The molecule has 0 N–H and O–H groups in total. The van der Waals surface area contributed by atoms with Crippen LogP contribution in [0.25, 0.3) is 0 Å². The van der Waals surface area contributed by atoms with Gasteiger partial charge in [-0.25, -0.2) is 0 Å². The number of amides is 2. The topological polar surface area (TPSA) is 66.2 Å². The lowest BCUT2D eigenvalue weighted by Crippen LogP contribution is -2.51. The summed E-state index contributed by atoms with van der Waals surface area (Å²) in [6.07, 6.45) is 4.65. The number of para-hydroxylation sites is 1. The van der Waals surface area contributed by atoms with E-state index in [4.69, 9.17) is 9.15 Å². The van der Waals surface area contributed by atoms with Gasteiger partial charge in [0.15, 0.2) is 5.76 Å². The van der Waals surface area contributed by atoms with Gasteiger partial charge in [-0.3, -0.25) is 14.5 Å². The minimum atomic E-state index is -0.107. The summed E-state index contributed by atoms with van der Waals surface area (Å²) in [7, 11) is 0. The lowest BCUT2D eigenvalue weighted by Gasteiger charge is -2.35. The lowest BCUT2D eigenvalue weighted by molar-refractivity contribution is -0.132. The molecule has 0 spiro atoms. The highest BCUT2D eigenvalue weighted by atomic mass is 16.5. The molecule has 3 heterocycles. The van der Waals surface area contributed by atoms with Crippen LogP contribution in [-0.2, 0) is 11.4 Å². The summed E-state index contributed by atoms with van der Waals surface area (Å²) in [6, 6.07) is 13.0. The van der Waals surface area contributed by atoms with E-state index in [-0.39, 0.29) is 18.4 Å². The second kappa shape index (κ2) is 10.5. The fourth-order valence-corrected chi connectivity index (χ4v) is 4.12. The number of carbonyl (C=O) groups is 2. The minimum absolute atomic E-state index is 0.107. The molecule has 2 saturated heterocycles. The molecule has 31 heavy (non-hydrogen) atoms. The molecule has 1 aromatic carbocycles. The highest BCUT2D eigenvalue weighted by molar-refractivity contribution is 5.91. The van der Waals surface area contributed by atoms with E-state index in [1.807, 2.05) is 35.2 Å². The molecule has 7 heteroatoms. The van der Waals surface area contributed by atoms with Gasteiger partial charge in [-0.05, 0) is 37.1 Å². The molecule has 4 rings (SSSR count). The van der Waals surface area contributed by atoms with Crippen molar-refractivity contribution in [2.24, 2.45) is 0 Å². The monoisotopic (exact) mass is 425 g/mol. The standard InChI is InChI=1S/C24H31N3O4/c28-23(26-12-6-1-2-7-13-26)18-25-14-16-27(17-15-25)24(29)22-11-10-21(31-22)19-30-20-8-4-3-5-9-20/h3-5,8-11H,1-2,6-7,12-19H2. The van der Waals surface area contributed by atoms with Crippen LogP contribution in [0.3, 0.4) is 0 Å². The number of carbonyl (C=O) groups excluding carboxylic acids is 2. The summed E-state index contributed by atoms with van der Waals surface area (Å²) >= 11 is 0. The average molecular weight is 426 g/mol. The first kappa shape index (κ1) is 21.4. The van der Waals surface area contributed by atoms with Crippen molar-refractivity contribution in [1.82, 2.24) is 14.7 Å². The second-order valence-corrected chi connectivity index (χ2v) is 8.23. The van der Waals surface area contributed by atoms with Crippen molar-refractivity contribution in [2.45, 2.75) is 32.3 Å². The summed E-state index contributed by atoms with van der Waals surface area (Å²) < 4.78 is 11.4. The Labute approximate surface area is 183 Å². The molecule has 1 aromatic heterocycles. The van der Waals surface area contributed by atoms with Crippen LogP contribution in [0, 0.1) is 0 Å². The van der Waals surface area contributed by atoms with Crippen LogP contribution in [0.15, 0.2) is 46.9 Å². The van der Waals surface area contributed by atoms with E-state index < -0.39 is 0 Å². The van der Waals surface area contributed by atoms with E-state index >= 15 is 0 Å². The van der Waals surface area contributed by atoms with Crippen molar-refractivity contribution >= 4 is 11.8 Å². The van der Waals surface area contributed by atoms with Crippen molar-refractivity contribution in [3.05, 3.63) is 54.0 Å². The number of benzene rings is 1. The zero-order valence-corrected chi connectivity index (χ0v) is 18.0. The number of piperazine rings is 1. The molecule has 0 saturated carbocycles. The molecule has 2 aliphatic rings. The predicted molar refractivity (Wildman–Crippen MR) is 117 cm³/mol. The van der Waals surface area contributed by atoms with Gasteiger partial charge in [0.2, 0.25) is 5.91 Å². The van der Waals surface area contributed by atoms with Gasteiger partial charge in [-0.2, -0.15) is 0 Å². The van der Waals surface area contributed by atoms with Crippen LogP contribution in [0.2, 0.25) is 0 Å². The quantitative estimate of drug-likeness (QED) is 0.712. The molecule has 2 aliphatic heterocycles. The molecule has 0 bridgehead atoms. The molecule has 0 radical (unpaired) electrons. The molecule has 7 nitrogen and oxygen atoms in total. The Morgan fingerprint density at radius 1 is 0.806 bits per heavy atom. The van der Waals surface area contributed by atoms with Crippen LogP contribution >= 0.6 is 0 Å². The van der Waals surface area contributed by atoms with Gasteiger partial charge in [0.05, 0.1) is 6.54 Å². The molecule has 0 unspecified atom stereocenters. The first-order valence-electron chi connectivity index (χ1n) is 11.2. The van der Waals surface area contributed by atoms with Gasteiger partial charge in [0.1, 0.15) is 18.1 Å². The Kier molecular flexibility index (Phi) is 7.25. The van der Waals surface area contributed by atoms with Gasteiger partial charge in [-0.15, -0.1) is 0 Å². The highest BCUT2D eigenvalue weighted by Crippen LogP contribution is 2.16. The Bertz CT molecular complexity index is 851. The molecule has 2 fully saturated rings. The largest absolute Gasteiger partial charge is 0.486 e. The number of hydrogen-bond acceptors (Lipinski definition) is 5. The summed E-state index contributed by atoms with van der Waals surface area (Å²) in [5, 5.41) is 0. The van der Waals surface area contributed by atoms with Crippen LogP contribution in [0.1, 0.15) is 42.0 Å². The molecule has 2 amide bonds. The summed E-state index contributed by atoms with van der Waals surface area (Å²) in [5.41, 5.74) is 0. The molecular formula is C24H31N3O4. The van der Waals surface area contributed by atoms with Crippen molar-refractivity contribution in [3.63, 3.8) is 0 Å². The van der Waals surface area contributed by atoms with Crippen molar-refractivity contribution in [3.8, 4) is 5.75 Å². The number of likely N-dealkylation sites (tertiary alicyclic amines) is 1. The maximum atomic E-state index is 12.8. The molecule has 0 aliphatic carbocycles. The minimum Gasteiger partial charge on any atom is -0.486 e. The normalized spacial score (nSPS) is 17.9. The zero-order valence-electron chi connectivity index (χ0n) is 18.0. The fourth-order valence-electron chi connectivity index (χ4n) is 4.12. The van der Waals surface area contributed by atoms with Crippen molar-refractivity contribution in [1.29, 1.82) is 0 Å². The number of furan rings is 1. The van der Waals surface area contributed by atoms with Crippen LogP contribution in [-0.4, -0.2) is 72.3 Å². The van der Waals surface area contributed by atoms with E-state index in [1.54, 1.807) is 17.0 Å². The highest BCUT2D eigenvalue weighted by Gasteiger charge is 2.26. The van der Waals surface area contributed by atoms with Crippen molar-refractivity contribution < 1.29 is 18.7 Å². The van der Waals surface area contributed by atoms with E-state index in [1.165, 1.54) is 12.8 Å². The third-order valence-corrected chi connectivity index (χ3v) is 5.97. The number of hydrogen-bond donors (Lipinski definition) is 0. The van der Waals surface area contributed by atoms with Crippen LogP contribution in [0.5, 0.6) is 5.75 Å². The van der Waals surface area contributed by atoms with E-state index in [9.17, 15) is 9.59 Å². The van der Waals surface area contributed by atoms with Crippen LogP contribution in [0.4, 0.5) is 0 Å². The maximum absolute atomic E-state index is 12.8. The van der Waals surface area contributed by atoms with E-state index in [0.29, 0.717) is 44.2 Å². The zero-order chi connectivity index (χ0) is 21.5. The predicted octanol–water partition coefficient (Wildman–Crippen LogP) is 3.02. The van der Waals surface area contributed by atoms with Gasteiger partial charge in [-0.1, -0.05) is 31.0 Å². The average Bonchev–Trinajstić information content (AvgIpc) is 3.11. The van der Waals surface area contributed by atoms with Gasteiger partial charge in [0.25, 0.3) is 5.91 Å². The Morgan fingerprint density at radius 3 is 2.23 bits per heavy atom. The first-order valence-corrected chi connectivity index (χ1v) is 11.2. The van der Waals surface area contributed by atoms with Gasteiger partial charge < -0.3 is 19.0 Å². The lowest BCUT2D eigenvalue weighted by atomic mass is 10.2. The fraction of sp³-hybridized carbons (Fsp3) is 0.500. The Morgan fingerprint density at radius 2 is 1.52 bits per heavy atom. The Balaban J connectivity index is 1.23.